The third kappa shape index (κ3) is 0.675. The molecule has 0 aliphatic rings. The van der Waals surface area contributed by atoms with E-state index in [4.69, 9.17) is 1.37 Å². The maximum Gasteiger partial charge on any atom is 0.143 e. The smallest absolute Gasteiger partial charge is 0.143 e. The molecule has 1 heterocycles. The fraction of sp³-hybridized carbons (Fsp3) is 0. The molecular weight excluding hydrogens is 193 g/mol. The molecule has 0 aliphatic heterocycles. The molecule has 1 N–H and O–H groups in total. The molecule has 1 aromatic rings. The van der Waals surface area contributed by atoms with Crippen LogP contribution >= 0.6 is 22.6 Å². The lowest BCUT2D eigenvalue weighted by Crippen LogP contribution is -1.66. The van der Waals surface area contributed by atoms with Crippen molar-refractivity contribution in [3.8, 4) is 0 Å². The first kappa shape index (κ1) is 2.95. The summed E-state index contributed by atoms with van der Waals surface area (Å²) in [4.78, 5) is 0. The number of hydrogen-bond donors (Lipinski definition) is 1. The van der Waals surface area contributed by atoms with Gasteiger partial charge in [0.2, 0.25) is 0 Å². The lowest BCUT2D eigenvalue weighted by Gasteiger charge is -1.59. The van der Waals surface area contributed by atoms with Crippen molar-refractivity contribution in [2.75, 3.05) is 0 Å². The van der Waals surface area contributed by atoms with E-state index in [1.54, 1.807) is 0 Å². The Morgan fingerprint density at radius 1 is 2.17 bits per heavy atom. The minimum atomic E-state index is 0.209. The number of aromatic nitrogens is 3. The number of H-pyrrole nitrogens is 1. The zero-order valence-corrected chi connectivity index (χ0v) is 4.93. The molecule has 0 saturated carbocycles. The summed E-state index contributed by atoms with van der Waals surface area (Å²) >= 11 is 1.93. The van der Waals surface area contributed by atoms with E-state index in [0.29, 0.717) is 3.70 Å². The number of aromatic amines is 1. The van der Waals surface area contributed by atoms with Gasteiger partial charge in [-0.3, -0.25) is 0 Å². The summed E-state index contributed by atoms with van der Waals surface area (Å²) < 4.78 is 7.50. The van der Waals surface area contributed by atoms with Crippen LogP contribution in [0.15, 0.2) is 6.17 Å². The predicted molar refractivity (Wildman–Crippen MR) is 29.1 cm³/mol. The van der Waals surface area contributed by atoms with E-state index in [2.05, 4.69) is 15.4 Å². The Labute approximate surface area is 49.7 Å². The van der Waals surface area contributed by atoms with Gasteiger partial charge in [-0.1, -0.05) is 0 Å². The number of halogens is 1. The van der Waals surface area contributed by atoms with Gasteiger partial charge in [-0.05, 0) is 22.6 Å². The van der Waals surface area contributed by atoms with E-state index >= 15 is 0 Å². The second-order valence-corrected chi connectivity index (χ2v) is 1.75. The molecule has 0 amide bonds. The summed E-state index contributed by atoms with van der Waals surface area (Å²) in [7, 11) is 0. The molecule has 0 radical (unpaired) electrons. The van der Waals surface area contributed by atoms with Crippen molar-refractivity contribution in [2.24, 2.45) is 0 Å². The van der Waals surface area contributed by atoms with Crippen LogP contribution in [0.5, 0.6) is 0 Å². The van der Waals surface area contributed by atoms with Crippen molar-refractivity contribution in [1.82, 2.24) is 15.4 Å². The van der Waals surface area contributed by atoms with Gasteiger partial charge < -0.3 is 0 Å². The Kier molecular flexibility index (Phi) is 0.760. The van der Waals surface area contributed by atoms with Crippen LogP contribution in [0, 0.1) is 3.70 Å². The highest BCUT2D eigenvalue weighted by atomic mass is 127. The van der Waals surface area contributed by atoms with Crippen LogP contribution in [0.25, 0.3) is 0 Å². The Morgan fingerprint density at radius 2 is 3.00 bits per heavy atom. The second-order valence-electron chi connectivity index (χ2n) is 0.726. The Bertz CT molecular complexity index is 145. The fourth-order valence-electron chi connectivity index (χ4n) is 0.165. The minimum absolute atomic E-state index is 0.209. The fourth-order valence-corrected chi connectivity index (χ4v) is 0.394. The lowest BCUT2D eigenvalue weighted by molar-refractivity contribution is 0.933. The second kappa shape index (κ2) is 1.55. The molecule has 1 aromatic heterocycles. The summed E-state index contributed by atoms with van der Waals surface area (Å²) in [6, 6.07) is 0. The molecule has 32 valence electrons. The summed E-state index contributed by atoms with van der Waals surface area (Å²) in [5.74, 6) is 0. The molecular formula is C2H2IN3. The average Bonchev–Trinajstić information content (AvgIpc) is 1.91. The molecule has 1 rings (SSSR count). The molecule has 0 atom stereocenters. The molecule has 0 unspecified atom stereocenters. The van der Waals surface area contributed by atoms with E-state index in [-0.39, 0.29) is 6.17 Å². The van der Waals surface area contributed by atoms with Crippen LogP contribution < -0.4 is 0 Å². The first-order chi connectivity index (χ1) is 3.30. The van der Waals surface area contributed by atoms with Crippen LogP contribution in [0.2, 0.25) is 0 Å². The molecule has 4 heteroatoms. The summed E-state index contributed by atoms with van der Waals surface area (Å²) in [5.41, 5.74) is 0. The lowest BCUT2D eigenvalue weighted by atomic mass is 11.0. The topological polar surface area (TPSA) is 41.6 Å². The quantitative estimate of drug-likeness (QED) is 0.610. The largest absolute Gasteiger partial charge is 0.197 e. The van der Waals surface area contributed by atoms with Crippen LogP contribution in [-0.2, 0) is 0 Å². The summed E-state index contributed by atoms with van der Waals surface area (Å²) in [6.07, 6.45) is 0.209. The van der Waals surface area contributed by atoms with Crippen molar-refractivity contribution < 1.29 is 1.37 Å². The molecule has 0 aromatic carbocycles. The van der Waals surface area contributed by atoms with Crippen LogP contribution in [0.4, 0.5) is 0 Å². The van der Waals surface area contributed by atoms with E-state index in [1.165, 1.54) is 0 Å². The zero-order valence-electron chi connectivity index (χ0n) is 3.77. The van der Waals surface area contributed by atoms with Gasteiger partial charge in [0.15, 0.2) is 0 Å². The van der Waals surface area contributed by atoms with Crippen LogP contribution in [0.3, 0.4) is 0 Å². The maximum absolute atomic E-state index is 6.89. The number of nitrogens with zero attached hydrogens (tertiary/aromatic N) is 2. The van der Waals surface area contributed by atoms with Gasteiger partial charge in [-0.15, -0.1) is 0 Å². The van der Waals surface area contributed by atoms with E-state index in [0.717, 1.165) is 0 Å². The molecule has 0 saturated heterocycles. The Balaban J connectivity index is 3.12. The molecule has 0 bridgehead atoms. The van der Waals surface area contributed by atoms with Gasteiger partial charge in [0.25, 0.3) is 0 Å². The average molecular weight is 196 g/mol. The van der Waals surface area contributed by atoms with Crippen molar-refractivity contribution in [3.05, 3.63) is 9.87 Å². The SMILES string of the molecule is [2H]c1n[nH]nc1I. The third-order valence-corrected chi connectivity index (χ3v) is 0.829. The highest BCUT2D eigenvalue weighted by Gasteiger charge is 1.79. The summed E-state index contributed by atoms with van der Waals surface area (Å²) in [5, 5.41) is 9.32. The van der Waals surface area contributed by atoms with E-state index in [9.17, 15) is 0 Å². The normalized spacial score (nSPS) is 11.2. The van der Waals surface area contributed by atoms with E-state index in [1.807, 2.05) is 22.6 Å². The molecule has 6 heavy (non-hydrogen) atoms. The number of nitrogens with one attached hydrogen (secondary N) is 1. The Hall–Kier alpha value is -0.130. The van der Waals surface area contributed by atoms with Gasteiger partial charge in [-0.25, -0.2) is 0 Å². The molecule has 0 spiro atoms. The summed E-state index contributed by atoms with van der Waals surface area (Å²) in [6.45, 7) is 0. The standard InChI is InChI=1S/C2H2IN3/c3-2-1-4-6-5-2/h1H,(H,4,5,6)/i1D. The van der Waals surface area contributed by atoms with Gasteiger partial charge >= 0.3 is 0 Å². The van der Waals surface area contributed by atoms with Gasteiger partial charge in [0, 0.05) is 0 Å². The molecule has 0 aliphatic carbocycles. The number of rotatable bonds is 0. The van der Waals surface area contributed by atoms with Crippen molar-refractivity contribution in [2.45, 2.75) is 0 Å². The van der Waals surface area contributed by atoms with E-state index < -0.39 is 0 Å². The third-order valence-electron chi connectivity index (χ3n) is 0.346. The zero-order chi connectivity index (χ0) is 5.28. The highest BCUT2D eigenvalue weighted by Crippen LogP contribution is 1.90. The first-order valence-electron chi connectivity index (χ1n) is 1.83. The predicted octanol–water partition coefficient (Wildman–Crippen LogP) is 0.409. The maximum atomic E-state index is 6.89. The van der Waals surface area contributed by atoms with Crippen LogP contribution in [-0.4, -0.2) is 15.4 Å². The van der Waals surface area contributed by atoms with Crippen LogP contribution in [0.1, 0.15) is 1.37 Å². The van der Waals surface area contributed by atoms with Crippen molar-refractivity contribution in [3.63, 3.8) is 0 Å². The van der Waals surface area contributed by atoms with Crippen molar-refractivity contribution >= 4 is 22.6 Å². The minimum Gasteiger partial charge on any atom is -0.197 e. The number of hydrogen-bond acceptors (Lipinski definition) is 2. The van der Waals surface area contributed by atoms with Gasteiger partial charge in [-0.2, -0.15) is 15.4 Å². The van der Waals surface area contributed by atoms with Crippen molar-refractivity contribution in [1.29, 1.82) is 0 Å². The highest BCUT2D eigenvalue weighted by molar-refractivity contribution is 14.1. The first-order valence-corrected chi connectivity index (χ1v) is 2.41. The van der Waals surface area contributed by atoms with Gasteiger partial charge in [0.1, 0.15) is 3.70 Å². The molecule has 3 nitrogen and oxygen atoms in total. The Morgan fingerprint density at radius 3 is 3.17 bits per heavy atom. The van der Waals surface area contributed by atoms with Gasteiger partial charge in [0.05, 0.1) is 7.54 Å². The molecule has 0 fully saturated rings. The monoisotopic (exact) mass is 196 g/mol.